The number of piperidine rings is 1. The van der Waals surface area contributed by atoms with E-state index in [1.165, 1.54) is 12.1 Å². The number of imide groups is 1. The Kier molecular flexibility index (Phi) is 6.14. The molecule has 2 heterocycles. The number of esters is 1. The average Bonchev–Trinajstić information content (AvgIpc) is 3.12. The van der Waals surface area contributed by atoms with E-state index < -0.39 is 34.5 Å². The zero-order chi connectivity index (χ0) is 20.3. The molecule has 8 nitrogen and oxygen atoms in total. The maximum atomic E-state index is 13.0. The Morgan fingerprint density at radius 1 is 1.11 bits per heavy atom. The van der Waals surface area contributed by atoms with Gasteiger partial charge in [0.2, 0.25) is 15.9 Å². The molecule has 152 valence electrons. The second kappa shape index (κ2) is 8.40. The van der Waals surface area contributed by atoms with Gasteiger partial charge in [0.25, 0.3) is 5.91 Å². The number of aryl methyl sites for hydroxylation is 1. The molecule has 0 spiro atoms. The molecule has 1 atom stereocenters. The number of nitrogens with zero attached hydrogens (tertiary/aromatic N) is 2. The number of carbonyl (C=O) groups is 3. The van der Waals surface area contributed by atoms with Crippen LogP contribution in [-0.4, -0.2) is 61.1 Å². The maximum absolute atomic E-state index is 13.0. The molecule has 9 heteroatoms. The highest BCUT2D eigenvalue weighted by molar-refractivity contribution is 7.89. The summed E-state index contributed by atoms with van der Waals surface area (Å²) in [4.78, 5) is 37.4. The minimum absolute atomic E-state index is 0.122. The van der Waals surface area contributed by atoms with Crippen LogP contribution in [0.4, 0.5) is 0 Å². The van der Waals surface area contributed by atoms with E-state index in [2.05, 4.69) is 0 Å². The van der Waals surface area contributed by atoms with E-state index in [1.807, 2.05) is 6.92 Å². The molecule has 1 unspecified atom stereocenters. The standard InChI is InChI=1S/C19H24N2O6S/c1-14-7-9-15(10-8-14)28(25,26)21-12-3-2-5-16(21)19(24)27-13-18(23)20-11-4-6-17(20)22/h7-10,16H,2-6,11-13H2,1H3. The van der Waals surface area contributed by atoms with Gasteiger partial charge in [-0.15, -0.1) is 0 Å². The normalized spacial score (nSPS) is 21.0. The first-order valence-corrected chi connectivity index (χ1v) is 10.8. The second-order valence-electron chi connectivity index (χ2n) is 7.09. The van der Waals surface area contributed by atoms with Crippen LogP contribution in [0.3, 0.4) is 0 Å². The lowest BCUT2D eigenvalue weighted by atomic mass is 10.1. The van der Waals surface area contributed by atoms with Crippen molar-refractivity contribution >= 4 is 27.8 Å². The number of benzene rings is 1. The first-order chi connectivity index (χ1) is 13.3. The Morgan fingerprint density at radius 3 is 2.46 bits per heavy atom. The molecule has 3 rings (SSSR count). The third-order valence-corrected chi connectivity index (χ3v) is 6.99. The fourth-order valence-corrected chi connectivity index (χ4v) is 5.14. The Bertz CT molecular complexity index is 865. The van der Waals surface area contributed by atoms with Crippen LogP contribution < -0.4 is 0 Å². The Labute approximate surface area is 164 Å². The SMILES string of the molecule is Cc1ccc(S(=O)(=O)N2CCCCC2C(=O)OCC(=O)N2CCCC2=O)cc1. The van der Waals surface area contributed by atoms with Crippen LogP contribution in [0.25, 0.3) is 0 Å². The number of hydrogen-bond acceptors (Lipinski definition) is 6. The molecule has 2 aliphatic heterocycles. The van der Waals surface area contributed by atoms with Gasteiger partial charge in [-0.25, -0.2) is 8.42 Å². The molecule has 28 heavy (non-hydrogen) atoms. The lowest BCUT2D eigenvalue weighted by Gasteiger charge is -2.33. The van der Waals surface area contributed by atoms with E-state index in [4.69, 9.17) is 4.74 Å². The fourth-order valence-electron chi connectivity index (χ4n) is 3.49. The minimum atomic E-state index is -3.85. The van der Waals surface area contributed by atoms with Crippen molar-refractivity contribution in [1.82, 2.24) is 9.21 Å². The van der Waals surface area contributed by atoms with Gasteiger partial charge < -0.3 is 4.74 Å². The molecule has 2 fully saturated rings. The van der Waals surface area contributed by atoms with E-state index >= 15 is 0 Å². The molecule has 1 aromatic carbocycles. The van der Waals surface area contributed by atoms with Gasteiger partial charge in [-0.2, -0.15) is 4.31 Å². The van der Waals surface area contributed by atoms with Crippen molar-refractivity contribution in [2.75, 3.05) is 19.7 Å². The molecule has 2 amide bonds. The smallest absolute Gasteiger partial charge is 0.324 e. The molecule has 0 N–H and O–H groups in total. The highest BCUT2D eigenvalue weighted by Crippen LogP contribution is 2.26. The van der Waals surface area contributed by atoms with Crippen molar-refractivity contribution in [2.24, 2.45) is 0 Å². The number of hydrogen-bond donors (Lipinski definition) is 0. The number of carbonyl (C=O) groups excluding carboxylic acids is 3. The summed E-state index contributed by atoms with van der Waals surface area (Å²) in [5, 5.41) is 0. The van der Waals surface area contributed by atoms with Crippen molar-refractivity contribution in [3.63, 3.8) is 0 Å². The van der Waals surface area contributed by atoms with Crippen LogP contribution in [0.2, 0.25) is 0 Å². The average molecular weight is 408 g/mol. The summed E-state index contributed by atoms with van der Waals surface area (Å²) in [7, 11) is -3.85. The Balaban J connectivity index is 1.70. The van der Waals surface area contributed by atoms with E-state index in [0.29, 0.717) is 38.6 Å². The van der Waals surface area contributed by atoms with Crippen LogP contribution in [0.1, 0.15) is 37.7 Å². The topological polar surface area (TPSA) is 101 Å². The number of rotatable bonds is 5. The van der Waals surface area contributed by atoms with Gasteiger partial charge >= 0.3 is 5.97 Å². The predicted octanol–water partition coefficient (Wildman–Crippen LogP) is 1.23. The van der Waals surface area contributed by atoms with Crippen molar-refractivity contribution in [3.05, 3.63) is 29.8 Å². The number of likely N-dealkylation sites (tertiary alicyclic amines) is 1. The third-order valence-electron chi connectivity index (χ3n) is 5.07. The number of ether oxygens (including phenoxy) is 1. The monoisotopic (exact) mass is 408 g/mol. The lowest BCUT2D eigenvalue weighted by Crippen LogP contribution is -2.49. The quantitative estimate of drug-likeness (QED) is 0.679. The van der Waals surface area contributed by atoms with E-state index in [0.717, 1.165) is 14.8 Å². The Morgan fingerprint density at radius 2 is 1.82 bits per heavy atom. The summed E-state index contributed by atoms with van der Waals surface area (Å²) >= 11 is 0. The van der Waals surface area contributed by atoms with Crippen molar-refractivity contribution in [2.45, 2.75) is 50.0 Å². The highest BCUT2D eigenvalue weighted by atomic mass is 32.2. The predicted molar refractivity (Wildman–Crippen MR) is 99.6 cm³/mol. The zero-order valence-electron chi connectivity index (χ0n) is 15.8. The highest BCUT2D eigenvalue weighted by Gasteiger charge is 2.39. The molecular weight excluding hydrogens is 384 g/mol. The molecule has 0 saturated carbocycles. The van der Waals surface area contributed by atoms with Crippen molar-refractivity contribution in [1.29, 1.82) is 0 Å². The molecular formula is C19H24N2O6S. The first kappa shape index (κ1) is 20.5. The van der Waals surface area contributed by atoms with Crippen molar-refractivity contribution < 1.29 is 27.5 Å². The van der Waals surface area contributed by atoms with E-state index in [9.17, 15) is 22.8 Å². The maximum Gasteiger partial charge on any atom is 0.324 e. The first-order valence-electron chi connectivity index (χ1n) is 9.39. The summed E-state index contributed by atoms with van der Waals surface area (Å²) in [6.45, 7) is 1.85. The second-order valence-corrected chi connectivity index (χ2v) is 8.98. The number of sulfonamides is 1. The fraction of sp³-hybridized carbons (Fsp3) is 0.526. The molecule has 0 aliphatic carbocycles. The van der Waals surface area contributed by atoms with E-state index in [-0.39, 0.29) is 17.3 Å². The van der Waals surface area contributed by atoms with Crippen LogP contribution in [0.15, 0.2) is 29.2 Å². The van der Waals surface area contributed by atoms with Gasteiger partial charge in [0.05, 0.1) is 4.90 Å². The third kappa shape index (κ3) is 4.25. The molecule has 0 bridgehead atoms. The van der Waals surface area contributed by atoms with Gasteiger partial charge in [-0.1, -0.05) is 17.7 Å². The van der Waals surface area contributed by atoms with Crippen LogP contribution in [-0.2, 0) is 29.1 Å². The summed E-state index contributed by atoms with van der Waals surface area (Å²) < 4.78 is 32.3. The molecule has 0 radical (unpaired) electrons. The molecule has 2 aliphatic rings. The molecule has 0 aromatic heterocycles. The van der Waals surface area contributed by atoms with Gasteiger partial charge in [0.1, 0.15) is 6.04 Å². The Hall–Kier alpha value is -2.26. The largest absolute Gasteiger partial charge is 0.454 e. The molecule has 2 saturated heterocycles. The summed E-state index contributed by atoms with van der Waals surface area (Å²) in [6.07, 6.45) is 2.59. The molecule has 1 aromatic rings. The number of amides is 2. The van der Waals surface area contributed by atoms with Crippen LogP contribution in [0.5, 0.6) is 0 Å². The van der Waals surface area contributed by atoms with Crippen LogP contribution in [0, 0.1) is 6.92 Å². The summed E-state index contributed by atoms with van der Waals surface area (Å²) in [5.74, 6) is -1.60. The van der Waals surface area contributed by atoms with Crippen molar-refractivity contribution in [3.8, 4) is 0 Å². The minimum Gasteiger partial charge on any atom is -0.454 e. The summed E-state index contributed by atoms with van der Waals surface area (Å²) in [5.41, 5.74) is 0.934. The van der Waals surface area contributed by atoms with Gasteiger partial charge in [0, 0.05) is 19.5 Å². The van der Waals surface area contributed by atoms with Gasteiger partial charge in [-0.3, -0.25) is 19.3 Å². The van der Waals surface area contributed by atoms with Gasteiger partial charge in [-0.05, 0) is 44.7 Å². The van der Waals surface area contributed by atoms with E-state index in [1.54, 1.807) is 12.1 Å². The lowest BCUT2D eigenvalue weighted by molar-refractivity contribution is -0.157. The zero-order valence-corrected chi connectivity index (χ0v) is 16.6. The van der Waals surface area contributed by atoms with Gasteiger partial charge in [0.15, 0.2) is 6.61 Å². The summed E-state index contributed by atoms with van der Waals surface area (Å²) in [6, 6.07) is 5.47. The van der Waals surface area contributed by atoms with Crippen LogP contribution >= 0.6 is 0 Å².